The van der Waals surface area contributed by atoms with Gasteiger partial charge in [-0.15, -0.1) is 0 Å². The summed E-state index contributed by atoms with van der Waals surface area (Å²) >= 11 is 0. The van der Waals surface area contributed by atoms with Crippen molar-refractivity contribution in [3.63, 3.8) is 0 Å². The predicted octanol–water partition coefficient (Wildman–Crippen LogP) is 3.18. The Morgan fingerprint density at radius 1 is 1.09 bits per heavy atom. The highest BCUT2D eigenvalue weighted by Crippen LogP contribution is 2.40. The number of rotatable bonds is 6. The second kappa shape index (κ2) is 9.17. The second-order valence-electron chi connectivity index (χ2n) is 8.94. The number of aryl methyl sites for hydroxylation is 1. The number of nitrogens with zero attached hydrogens (tertiary/aromatic N) is 3. The second-order valence-corrected chi connectivity index (χ2v) is 8.94. The monoisotopic (exact) mass is 446 g/mol. The first kappa shape index (κ1) is 21.4. The fraction of sp³-hybridized carbons (Fsp3) is 0.346. The van der Waals surface area contributed by atoms with Crippen LogP contribution < -0.4 is 5.32 Å². The molecule has 1 fully saturated rings. The van der Waals surface area contributed by atoms with Gasteiger partial charge < -0.3 is 10.2 Å². The third kappa shape index (κ3) is 4.67. The number of halogens is 1. The van der Waals surface area contributed by atoms with E-state index in [1.54, 1.807) is 24.3 Å². The molecule has 2 heterocycles. The van der Waals surface area contributed by atoms with Crippen molar-refractivity contribution in [3.05, 3.63) is 89.0 Å². The highest BCUT2D eigenvalue weighted by Gasteiger charge is 2.40. The van der Waals surface area contributed by atoms with E-state index >= 15 is 0 Å². The molecule has 2 aliphatic rings. The van der Waals surface area contributed by atoms with E-state index in [1.807, 2.05) is 27.8 Å². The average molecular weight is 447 g/mol. The van der Waals surface area contributed by atoms with Crippen molar-refractivity contribution < 1.29 is 14.0 Å². The Hall–Kier alpha value is -3.48. The van der Waals surface area contributed by atoms with Crippen molar-refractivity contribution in [1.82, 2.24) is 20.0 Å². The minimum absolute atomic E-state index is 0.0413. The summed E-state index contributed by atoms with van der Waals surface area (Å²) in [5.41, 5.74) is 3.68. The largest absolute Gasteiger partial charge is 0.350 e. The Labute approximate surface area is 192 Å². The zero-order chi connectivity index (χ0) is 22.8. The molecule has 0 radical (unpaired) electrons. The number of nitrogens with one attached hydrogen (secondary N) is 1. The number of benzene rings is 2. The van der Waals surface area contributed by atoms with Gasteiger partial charge in [0.25, 0.3) is 5.91 Å². The number of carbonyl (C=O) groups excluding carboxylic acids is 2. The normalized spacial score (nSPS) is 19.1. The lowest BCUT2D eigenvalue weighted by Gasteiger charge is -2.22. The maximum absolute atomic E-state index is 13.5. The summed E-state index contributed by atoms with van der Waals surface area (Å²) in [6, 6.07) is 15.4. The first-order valence-corrected chi connectivity index (χ1v) is 11.5. The maximum atomic E-state index is 13.5. The van der Waals surface area contributed by atoms with E-state index in [1.165, 1.54) is 17.7 Å². The molecule has 0 bridgehead atoms. The van der Waals surface area contributed by atoms with Crippen molar-refractivity contribution >= 4 is 11.8 Å². The van der Waals surface area contributed by atoms with Crippen molar-refractivity contribution in [2.75, 3.05) is 19.6 Å². The smallest absolute Gasteiger partial charge is 0.251 e. The molecule has 2 atom stereocenters. The predicted molar refractivity (Wildman–Crippen MR) is 122 cm³/mol. The van der Waals surface area contributed by atoms with Gasteiger partial charge >= 0.3 is 0 Å². The Morgan fingerprint density at radius 2 is 1.94 bits per heavy atom. The minimum atomic E-state index is -0.314. The Morgan fingerprint density at radius 3 is 2.76 bits per heavy atom. The van der Waals surface area contributed by atoms with Gasteiger partial charge in [0.05, 0.1) is 18.7 Å². The first-order valence-electron chi connectivity index (χ1n) is 11.5. The zero-order valence-electron chi connectivity index (χ0n) is 18.4. The van der Waals surface area contributed by atoms with Crippen molar-refractivity contribution in [2.24, 2.45) is 5.92 Å². The lowest BCUT2D eigenvalue weighted by molar-refractivity contribution is -0.129. The average Bonchev–Trinajstić information content (AvgIpc) is 3.43. The number of carbonyl (C=O) groups is 2. The van der Waals surface area contributed by atoms with Crippen LogP contribution in [0.1, 0.15) is 39.5 Å². The van der Waals surface area contributed by atoms with E-state index in [4.69, 9.17) is 5.10 Å². The zero-order valence-corrected chi connectivity index (χ0v) is 18.4. The van der Waals surface area contributed by atoms with E-state index in [0.29, 0.717) is 36.7 Å². The highest BCUT2D eigenvalue weighted by molar-refractivity contribution is 5.94. The molecule has 2 amide bonds. The van der Waals surface area contributed by atoms with Crippen LogP contribution in [0, 0.1) is 11.7 Å². The maximum Gasteiger partial charge on any atom is 0.251 e. The molecule has 1 aromatic heterocycles. The highest BCUT2D eigenvalue weighted by atomic mass is 19.1. The molecule has 7 heteroatoms. The summed E-state index contributed by atoms with van der Waals surface area (Å²) in [5.74, 6) is 0.293. The van der Waals surface area contributed by atoms with Crippen LogP contribution in [-0.4, -0.2) is 46.1 Å². The molecule has 2 aromatic carbocycles. The molecule has 5 rings (SSSR count). The van der Waals surface area contributed by atoms with Crippen LogP contribution in [0.15, 0.2) is 60.8 Å². The molecule has 3 aromatic rings. The summed E-state index contributed by atoms with van der Waals surface area (Å²) in [7, 11) is 0. The minimum Gasteiger partial charge on any atom is -0.350 e. The standard InChI is InChI=1S/C26H27FN4O2/c27-22-8-4-5-18(13-22)14-24(32)30-15-20-9-10-21-16-31(29-25(21)23(20)17-30)12-11-28-26(33)19-6-2-1-3-7-19/h1-8,13,16,20,23H,9-12,14-15,17H2,(H,28,33)/t20-,23+/m1/s1. The van der Waals surface area contributed by atoms with Crippen LogP contribution in [0.2, 0.25) is 0 Å². The molecule has 1 N–H and O–H groups in total. The summed E-state index contributed by atoms with van der Waals surface area (Å²) < 4.78 is 15.4. The van der Waals surface area contributed by atoms with E-state index in [0.717, 1.165) is 25.1 Å². The van der Waals surface area contributed by atoms with Crippen LogP contribution in [-0.2, 0) is 24.2 Å². The van der Waals surface area contributed by atoms with E-state index in [2.05, 4.69) is 11.5 Å². The molecule has 0 spiro atoms. The third-order valence-electron chi connectivity index (χ3n) is 6.71. The van der Waals surface area contributed by atoms with Gasteiger partial charge in [-0.1, -0.05) is 30.3 Å². The van der Waals surface area contributed by atoms with E-state index in [9.17, 15) is 14.0 Å². The Kier molecular flexibility index (Phi) is 5.94. The molecule has 1 aliphatic heterocycles. The lowest BCUT2D eigenvalue weighted by atomic mass is 9.81. The van der Waals surface area contributed by atoms with Gasteiger partial charge in [0.15, 0.2) is 0 Å². The van der Waals surface area contributed by atoms with Gasteiger partial charge in [0, 0.05) is 37.3 Å². The Balaban J connectivity index is 1.19. The molecular weight excluding hydrogens is 419 g/mol. The van der Waals surface area contributed by atoms with Crippen molar-refractivity contribution in [1.29, 1.82) is 0 Å². The summed E-state index contributed by atoms with van der Waals surface area (Å²) in [4.78, 5) is 27.0. The number of likely N-dealkylation sites (tertiary alicyclic amines) is 1. The number of amides is 2. The molecule has 0 unspecified atom stereocenters. The molecule has 170 valence electrons. The molecule has 1 saturated heterocycles. The SMILES string of the molecule is O=C(NCCn1cc2c(n1)[C@H]1CN(C(=O)Cc3cccc(F)c3)C[C@H]1CC2)c1ccccc1. The van der Waals surface area contributed by atoms with Gasteiger partial charge in [-0.05, 0) is 54.2 Å². The van der Waals surface area contributed by atoms with Crippen molar-refractivity contribution in [2.45, 2.75) is 31.7 Å². The quantitative estimate of drug-likeness (QED) is 0.633. The summed E-state index contributed by atoms with van der Waals surface area (Å²) in [5, 5.41) is 7.77. The molecule has 33 heavy (non-hydrogen) atoms. The van der Waals surface area contributed by atoms with Crippen molar-refractivity contribution in [3.8, 4) is 0 Å². The molecule has 6 nitrogen and oxygen atoms in total. The number of aromatic nitrogens is 2. The van der Waals surface area contributed by atoms with Gasteiger partial charge in [-0.25, -0.2) is 4.39 Å². The van der Waals surface area contributed by atoms with Crippen LogP contribution in [0.25, 0.3) is 0 Å². The first-order chi connectivity index (χ1) is 16.1. The topological polar surface area (TPSA) is 67.2 Å². The van der Waals surface area contributed by atoms with E-state index < -0.39 is 0 Å². The van der Waals surface area contributed by atoms with Gasteiger partial charge in [0.1, 0.15) is 5.82 Å². The van der Waals surface area contributed by atoms with E-state index in [-0.39, 0.29) is 30.0 Å². The Bertz CT molecular complexity index is 1160. The fourth-order valence-corrected chi connectivity index (χ4v) is 5.02. The summed E-state index contributed by atoms with van der Waals surface area (Å²) in [6.07, 6.45) is 4.30. The van der Waals surface area contributed by atoms with Crippen LogP contribution in [0.5, 0.6) is 0 Å². The molecule has 1 aliphatic carbocycles. The third-order valence-corrected chi connectivity index (χ3v) is 6.71. The number of fused-ring (bicyclic) bond motifs is 3. The lowest BCUT2D eigenvalue weighted by Crippen LogP contribution is -2.30. The van der Waals surface area contributed by atoms with Crippen LogP contribution >= 0.6 is 0 Å². The van der Waals surface area contributed by atoms with Crippen LogP contribution in [0.3, 0.4) is 0 Å². The van der Waals surface area contributed by atoms with Gasteiger partial charge in [0.2, 0.25) is 5.91 Å². The number of hydrogen-bond acceptors (Lipinski definition) is 3. The van der Waals surface area contributed by atoms with Crippen LogP contribution in [0.4, 0.5) is 4.39 Å². The summed E-state index contributed by atoms with van der Waals surface area (Å²) in [6.45, 7) is 2.50. The fourth-order valence-electron chi connectivity index (χ4n) is 5.02. The number of hydrogen-bond donors (Lipinski definition) is 1. The van der Waals surface area contributed by atoms with Gasteiger partial charge in [-0.2, -0.15) is 5.10 Å². The molecule has 0 saturated carbocycles. The molecular formula is C26H27FN4O2. The van der Waals surface area contributed by atoms with Gasteiger partial charge in [-0.3, -0.25) is 14.3 Å².